The third-order valence-electron chi connectivity index (χ3n) is 10.4. The Kier molecular flexibility index (Phi) is 47.5. The van der Waals surface area contributed by atoms with E-state index in [1.165, 1.54) is 128 Å². The first kappa shape index (κ1) is 56.8. The van der Waals surface area contributed by atoms with E-state index < -0.39 is 12.1 Å². The van der Waals surface area contributed by atoms with Crippen molar-refractivity contribution >= 4 is 11.9 Å². The molecule has 0 spiro atoms. The van der Waals surface area contributed by atoms with Crippen LogP contribution in [0, 0.1) is 0 Å². The number of carbonyl (C=O) groups excluding carboxylic acids is 2. The number of esters is 2. The van der Waals surface area contributed by atoms with Gasteiger partial charge in [-0.05, 0) is 77.0 Å². The molecular weight excluding hydrogens is 741 g/mol. The summed E-state index contributed by atoms with van der Waals surface area (Å²) in [7, 11) is 0. The molecule has 0 saturated carbocycles. The normalized spacial score (nSPS) is 13.1. The van der Waals surface area contributed by atoms with Crippen LogP contribution in [-0.4, -0.2) is 36.4 Å². The summed E-state index contributed by atoms with van der Waals surface area (Å²) < 4.78 is 10.6. The summed E-state index contributed by atoms with van der Waals surface area (Å²) in [4.78, 5) is 24.3. The molecule has 0 aliphatic rings. The van der Waals surface area contributed by atoms with E-state index in [1.807, 2.05) is 6.08 Å². The molecule has 5 heteroatoms. The summed E-state index contributed by atoms with van der Waals surface area (Å²) in [6, 6.07) is 0. The van der Waals surface area contributed by atoms with Gasteiger partial charge in [0.25, 0.3) is 0 Å². The SMILES string of the molecule is CC/C=C\C/C=C\C/C=C\C/C=C\C/C=C\CC(=O)OC(CO)COC(=O)CCCCCCCCCCCCCCCCCC/C=C\C/C=C\C/C=C\CCCCCCC. The van der Waals surface area contributed by atoms with E-state index in [0.29, 0.717) is 6.42 Å². The van der Waals surface area contributed by atoms with Crippen LogP contribution in [0.25, 0.3) is 0 Å². The first-order chi connectivity index (χ1) is 29.6. The monoisotopic (exact) mass is 833 g/mol. The molecule has 1 N–H and O–H groups in total. The minimum Gasteiger partial charge on any atom is -0.462 e. The van der Waals surface area contributed by atoms with Crippen molar-refractivity contribution in [3.8, 4) is 0 Å². The molecule has 0 saturated heterocycles. The number of hydrogen-bond acceptors (Lipinski definition) is 5. The lowest BCUT2D eigenvalue weighted by Gasteiger charge is -2.15. The number of aliphatic hydroxyl groups excluding tert-OH is 1. The van der Waals surface area contributed by atoms with Gasteiger partial charge in [-0.2, -0.15) is 0 Å². The van der Waals surface area contributed by atoms with Gasteiger partial charge >= 0.3 is 11.9 Å². The van der Waals surface area contributed by atoms with Gasteiger partial charge in [0.1, 0.15) is 6.61 Å². The van der Waals surface area contributed by atoms with Gasteiger partial charge in [0.2, 0.25) is 0 Å². The van der Waals surface area contributed by atoms with Gasteiger partial charge in [-0.15, -0.1) is 0 Å². The van der Waals surface area contributed by atoms with Gasteiger partial charge in [-0.25, -0.2) is 0 Å². The van der Waals surface area contributed by atoms with Crippen LogP contribution >= 0.6 is 0 Å². The molecule has 0 rings (SSSR count). The molecule has 0 radical (unpaired) electrons. The number of carbonyl (C=O) groups is 2. The average Bonchev–Trinajstić information content (AvgIpc) is 3.25. The maximum Gasteiger partial charge on any atom is 0.310 e. The van der Waals surface area contributed by atoms with E-state index in [4.69, 9.17) is 9.47 Å². The quantitative estimate of drug-likeness (QED) is 0.0376. The van der Waals surface area contributed by atoms with E-state index >= 15 is 0 Å². The van der Waals surface area contributed by atoms with E-state index in [9.17, 15) is 14.7 Å². The molecule has 0 aromatic rings. The van der Waals surface area contributed by atoms with Crippen molar-refractivity contribution in [2.24, 2.45) is 0 Å². The van der Waals surface area contributed by atoms with Crippen molar-refractivity contribution in [3.05, 3.63) is 97.2 Å². The number of allylic oxidation sites excluding steroid dienone is 15. The largest absolute Gasteiger partial charge is 0.462 e. The van der Waals surface area contributed by atoms with Crippen LogP contribution in [0.15, 0.2) is 97.2 Å². The first-order valence-corrected chi connectivity index (χ1v) is 24.8. The van der Waals surface area contributed by atoms with Gasteiger partial charge in [0.05, 0.1) is 13.0 Å². The highest BCUT2D eigenvalue weighted by Crippen LogP contribution is 2.15. The molecule has 1 unspecified atom stereocenters. The average molecular weight is 833 g/mol. The molecule has 0 aliphatic carbocycles. The van der Waals surface area contributed by atoms with Crippen LogP contribution in [0.5, 0.6) is 0 Å². The summed E-state index contributed by atoms with van der Waals surface area (Å²) in [5.41, 5.74) is 0. The summed E-state index contributed by atoms with van der Waals surface area (Å²) >= 11 is 0. The van der Waals surface area contributed by atoms with Crippen LogP contribution < -0.4 is 0 Å². The molecule has 342 valence electrons. The first-order valence-electron chi connectivity index (χ1n) is 24.8. The van der Waals surface area contributed by atoms with Crippen molar-refractivity contribution in [2.45, 2.75) is 225 Å². The predicted octanol–water partition coefficient (Wildman–Crippen LogP) is 16.4. The van der Waals surface area contributed by atoms with Crippen molar-refractivity contribution in [1.29, 1.82) is 0 Å². The van der Waals surface area contributed by atoms with Crippen molar-refractivity contribution in [1.82, 2.24) is 0 Å². The molecule has 5 nitrogen and oxygen atoms in total. The lowest BCUT2D eigenvalue weighted by atomic mass is 10.0. The van der Waals surface area contributed by atoms with Gasteiger partial charge < -0.3 is 14.6 Å². The van der Waals surface area contributed by atoms with Gasteiger partial charge in [0, 0.05) is 6.42 Å². The standard InChI is InChI=1S/C55H92O5/c1-3-5-7-9-11-13-15-17-19-20-21-22-23-24-25-26-27-28-29-30-31-32-33-34-36-37-39-41-43-45-47-49-54(57)59-52-53(51-56)60-55(58)50-48-46-44-42-40-38-35-18-16-14-12-10-8-6-4-2/h6,8,12,14-15,17-18,20-21,23-24,35,40,42,46,48,53,56H,3-5,7,9-11,13,16,19,22,25-34,36-39,41,43-45,47,49-52H2,1-2H3/b8-6-,14-12-,17-15-,21-20-,24-23-,35-18-,42-40-,48-46-. The Bertz CT molecular complexity index is 1170. The lowest BCUT2D eigenvalue weighted by molar-refractivity contribution is -0.160. The van der Waals surface area contributed by atoms with Crippen LogP contribution in [0.2, 0.25) is 0 Å². The van der Waals surface area contributed by atoms with Gasteiger partial charge in [0.15, 0.2) is 6.10 Å². The molecule has 60 heavy (non-hydrogen) atoms. The summed E-state index contributed by atoms with van der Waals surface area (Å²) in [6.07, 6.45) is 71.0. The molecule has 0 aliphatic heterocycles. The Hall–Kier alpha value is -3.18. The summed E-state index contributed by atoms with van der Waals surface area (Å²) in [5, 5.41) is 9.58. The molecule has 0 bridgehead atoms. The third-order valence-corrected chi connectivity index (χ3v) is 10.4. The maximum atomic E-state index is 12.2. The number of ether oxygens (including phenoxy) is 2. The fourth-order valence-electron chi connectivity index (χ4n) is 6.70. The Morgan fingerprint density at radius 2 is 0.767 bits per heavy atom. The number of unbranched alkanes of at least 4 members (excludes halogenated alkanes) is 21. The molecule has 0 heterocycles. The van der Waals surface area contributed by atoms with Gasteiger partial charge in [-0.1, -0.05) is 227 Å². The van der Waals surface area contributed by atoms with Crippen molar-refractivity contribution in [2.75, 3.05) is 13.2 Å². The van der Waals surface area contributed by atoms with Crippen LogP contribution in [0.1, 0.15) is 219 Å². The summed E-state index contributed by atoms with van der Waals surface area (Å²) in [6.45, 7) is 3.93. The Balaban J connectivity index is 3.55. The number of hydrogen-bond donors (Lipinski definition) is 1. The molecule has 0 fully saturated rings. The Morgan fingerprint density at radius 3 is 1.17 bits per heavy atom. The minimum absolute atomic E-state index is 0.110. The zero-order valence-electron chi connectivity index (χ0n) is 38.9. The second-order valence-corrected chi connectivity index (χ2v) is 16.2. The molecule has 0 aromatic heterocycles. The Morgan fingerprint density at radius 1 is 0.417 bits per heavy atom. The highest BCUT2D eigenvalue weighted by atomic mass is 16.6. The minimum atomic E-state index is -0.831. The van der Waals surface area contributed by atoms with Crippen molar-refractivity contribution in [3.63, 3.8) is 0 Å². The topological polar surface area (TPSA) is 72.8 Å². The zero-order chi connectivity index (χ0) is 43.5. The highest BCUT2D eigenvalue weighted by Gasteiger charge is 2.15. The molecule has 0 amide bonds. The van der Waals surface area contributed by atoms with Crippen LogP contribution in [0.4, 0.5) is 0 Å². The van der Waals surface area contributed by atoms with Crippen molar-refractivity contribution < 1.29 is 24.2 Å². The van der Waals surface area contributed by atoms with E-state index in [2.05, 4.69) is 98.9 Å². The fourth-order valence-corrected chi connectivity index (χ4v) is 6.70. The lowest BCUT2D eigenvalue weighted by Crippen LogP contribution is -2.28. The smallest absolute Gasteiger partial charge is 0.310 e. The van der Waals surface area contributed by atoms with Gasteiger partial charge in [-0.3, -0.25) is 9.59 Å². The molecule has 1 atom stereocenters. The Labute approximate surface area is 370 Å². The highest BCUT2D eigenvalue weighted by molar-refractivity contribution is 5.71. The molecule has 0 aromatic carbocycles. The fraction of sp³-hybridized carbons (Fsp3) is 0.673. The van der Waals surface area contributed by atoms with E-state index in [-0.39, 0.29) is 25.6 Å². The second kappa shape index (κ2) is 50.2. The third kappa shape index (κ3) is 47.5. The second-order valence-electron chi connectivity index (χ2n) is 16.2. The number of aliphatic hydroxyl groups is 1. The van der Waals surface area contributed by atoms with E-state index in [0.717, 1.165) is 64.2 Å². The maximum absolute atomic E-state index is 12.2. The predicted molar refractivity (Wildman–Crippen MR) is 260 cm³/mol. The summed E-state index contributed by atoms with van der Waals surface area (Å²) in [5.74, 6) is -0.741. The van der Waals surface area contributed by atoms with E-state index in [1.54, 1.807) is 6.08 Å². The molecular formula is C55H92O5. The van der Waals surface area contributed by atoms with Crippen LogP contribution in [0.3, 0.4) is 0 Å². The number of rotatable bonds is 44. The zero-order valence-corrected chi connectivity index (χ0v) is 38.9. The van der Waals surface area contributed by atoms with Crippen LogP contribution in [-0.2, 0) is 19.1 Å².